The normalized spacial score (nSPS) is 18.7. The van der Waals surface area contributed by atoms with Gasteiger partial charge in [0.2, 0.25) is 0 Å². The molecule has 0 spiro atoms. The van der Waals surface area contributed by atoms with Crippen molar-refractivity contribution < 1.29 is 4.79 Å². The third-order valence-corrected chi connectivity index (χ3v) is 3.84. The Bertz CT molecular complexity index is 411. The van der Waals surface area contributed by atoms with Crippen LogP contribution in [0.5, 0.6) is 0 Å². The highest BCUT2D eigenvalue weighted by Crippen LogP contribution is 2.13. The van der Waals surface area contributed by atoms with E-state index < -0.39 is 0 Å². The van der Waals surface area contributed by atoms with Gasteiger partial charge in [0.15, 0.2) is 0 Å². The van der Waals surface area contributed by atoms with Crippen molar-refractivity contribution in [3.05, 3.63) is 23.5 Å². The van der Waals surface area contributed by atoms with E-state index in [1.165, 1.54) is 12.8 Å². The molecule has 2 N–H and O–H groups in total. The molecule has 1 unspecified atom stereocenters. The lowest BCUT2D eigenvalue weighted by Gasteiger charge is -2.22. The Hall–Kier alpha value is -1.00. The molecule has 4 nitrogen and oxygen atoms in total. The zero-order valence-corrected chi connectivity index (χ0v) is 12.6. The van der Waals surface area contributed by atoms with Gasteiger partial charge in [0.05, 0.1) is 0 Å². The average Bonchev–Trinajstić information content (AvgIpc) is 2.71. The van der Waals surface area contributed by atoms with Crippen molar-refractivity contribution in [2.24, 2.45) is 13.0 Å². The van der Waals surface area contributed by atoms with Crippen LogP contribution >= 0.6 is 12.4 Å². The van der Waals surface area contributed by atoms with Crippen molar-refractivity contribution in [1.82, 2.24) is 15.2 Å². The Balaban J connectivity index is 0.00000180. The second kappa shape index (κ2) is 7.56. The lowest BCUT2D eigenvalue weighted by molar-refractivity contribution is 0.0942. The molecule has 1 saturated heterocycles. The van der Waals surface area contributed by atoms with E-state index in [1.807, 2.05) is 30.7 Å². The molecule has 0 aromatic carbocycles. The first-order chi connectivity index (χ1) is 8.68. The molecular weight excluding hydrogens is 262 g/mol. The Morgan fingerprint density at radius 2 is 2.32 bits per heavy atom. The molecule has 0 radical (unpaired) electrons. The fourth-order valence-corrected chi connectivity index (χ4v) is 2.49. The SMILES string of the molecule is Cc1ccc(C(=O)NCCC2CCCNC2)n1C.Cl. The summed E-state index contributed by atoms with van der Waals surface area (Å²) in [6.07, 6.45) is 3.61. The summed E-state index contributed by atoms with van der Waals surface area (Å²) in [5, 5.41) is 6.41. The minimum absolute atomic E-state index is 0. The Labute approximate surface area is 121 Å². The van der Waals surface area contributed by atoms with Gasteiger partial charge in [-0.2, -0.15) is 0 Å². The number of nitrogens with one attached hydrogen (secondary N) is 2. The summed E-state index contributed by atoms with van der Waals surface area (Å²) in [5.74, 6) is 0.753. The van der Waals surface area contributed by atoms with E-state index in [-0.39, 0.29) is 18.3 Å². The smallest absolute Gasteiger partial charge is 0.267 e. The van der Waals surface area contributed by atoms with Crippen LogP contribution in [0.2, 0.25) is 0 Å². The first-order valence-electron chi connectivity index (χ1n) is 6.79. The van der Waals surface area contributed by atoms with Crippen molar-refractivity contribution in [1.29, 1.82) is 0 Å². The van der Waals surface area contributed by atoms with Crippen LogP contribution < -0.4 is 10.6 Å². The molecule has 19 heavy (non-hydrogen) atoms. The summed E-state index contributed by atoms with van der Waals surface area (Å²) < 4.78 is 1.93. The summed E-state index contributed by atoms with van der Waals surface area (Å²) in [4.78, 5) is 12.0. The maximum atomic E-state index is 12.0. The quantitative estimate of drug-likeness (QED) is 0.887. The molecule has 1 aromatic rings. The second-order valence-electron chi connectivity index (χ2n) is 5.18. The zero-order chi connectivity index (χ0) is 13.0. The number of aromatic nitrogens is 1. The van der Waals surface area contributed by atoms with Gasteiger partial charge in [0.25, 0.3) is 5.91 Å². The highest BCUT2D eigenvalue weighted by molar-refractivity contribution is 5.92. The van der Waals surface area contributed by atoms with Crippen LogP contribution in [-0.2, 0) is 7.05 Å². The Morgan fingerprint density at radius 1 is 1.53 bits per heavy atom. The van der Waals surface area contributed by atoms with Crippen LogP contribution in [0.1, 0.15) is 35.4 Å². The van der Waals surface area contributed by atoms with Crippen LogP contribution in [0, 0.1) is 12.8 Å². The molecule has 0 aliphatic carbocycles. The second-order valence-corrected chi connectivity index (χ2v) is 5.18. The number of carbonyl (C=O) groups excluding carboxylic acids is 1. The van der Waals surface area contributed by atoms with Crippen molar-refractivity contribution in [3.8, 4) is 0 Å². The number of hydrogen-bond donors (Lipinski definition) is 2. The summed E-state index contributed by atoms with van der Waals surface area (Å²) in [6.45, 7) is 5.02. The lowest BCUT2D eigenvalue weighted by Crippen LogP contribution is -2.33. The third-order valence-electron chi connectivity index (χ3n) is 3.84. The van der Waals surface area contributed by atoms with Crippen LogP contribution in [-0.4, -0.2) is 30.1 Å². The molecule has 1 atom stereocenters. The predicted octanol–water partition coefficient (Wildman–Crippen LogP) is 1.87. The van der Waals surface area contributed by atoms with E-state index in [0.717, 1.165) is 37.4 Å². The van der Waals surface area contributed by atoms with Gasteiger partial charge in [-0.1, -0.05) is 0 Å². The molecule has 0 bridgehead atoms. The number of halogens is 1. The summed E-state index contributed by atoms with van der Waals surface area (Å²) in [7, 11) is 1.93. The molecule has 2 heterocycles. The molecule has 1 aliphatic rings. The van der Waals surface area contributed by atoms with Gasteiger partial charge in [-0.15, -0.1) is 12.4 Å². The molecule has 1 aromatic heterocycles. The van der Waals surface area contributed by atoms with E-state index >= 15 is 0 Å². The maximum Gasteiger partial charge on any atom is 0.267 e. The van der Waals surface area contributed by atoms with E-state index in [2.05, 4.69) is 10.6 Å². The van der Waals surface area contributed by atoms with Gasteiger partial charge in [-0.25, -0.2) is 0 Å². The highest BCUT2D eigenvalue weighted by atomic mass is 35.5. The van der Waals surface area contributed by atoms with Gasteiger partial charge in [-0.3, -0.25) is 4.79 Å². The summed E-state index contributed by atoms with van der Waals surface area (Å²) >= 11 is 0. The van der Waals surface area contributed by atoms with Crippen molar-refractivity contribution in [2.75, 3.05) is 19.6 Å². The number of nitrogens with zero attached hydrogens (tertiary/aromatic N) is 1. The summed E-state index contributed by atoms with van der Waals surface area (Å²) in [6, 6.07) is 3.85. The molecule has 5 heteroatoms. The number of carbonyl (C=O) groups is 1. The first-order valence-corrected chi connectivity index (χ1v) is 6.79. The molecule has 2 rings (SSSR count). The van der Waals surface area contributed by atoms with Gasteiger partial charge in [-0.05, 0) is 57.3 Å². The standard InChI is InChI=1S/C14H23N3O.ClH/c1-11-5-6-13(17(11)2)14(18)16-9-7-12-4-3-8-15-10-12;/h5-6,12,15H,3-4,7-10H2,1-2H3,(H,16,18);1H. The first kappa shape index (κ1) is 16.1. The fourth-order valence-electron chi connectivity index (χ4n) is 2.49. The number of rotatable bonds is 4. The predicted molar refractivity (Wildman–Crippen MR) is 79.9 cm³/mol. The number of aryl methyl sites for hydroxylation is 1. The molecule has 1 fully saturated rings. The highest BCUT2D eigenvalue weighted by Gasteiger charge is 2.14. The van der Waals surface area contributed by atoms with Crippen LogP contribution in [0.4, 0.5) is 0 Å². The van der Waals surface area contributed by atoms with Crippen LogP contribution in [0.15, 0.2) is 12.1 Å². The third kappa shape index (κ3) is 4.25. The molecule has 0 saturated carbocycles. The molecular formula is C14H24ClN3O. The minimum Gasteiger partial charge on any atom is -0.351 e. The molecule has 1 amide bonds. The summed E-state index contributed by atoms with van der Waals surface area (Å²) in [5.41, 5.74) is 1.85. The minimum atomic E-state index is 0. The van der Waals surface area contributed by atoms with E-state index in [4.69, 9.17) is 0 Å². The average molecular weight is 286 g/mol. The van der Waals surface area contributed by atoms with Crippen molar-refractivity contribution in [3.63, 3.8) is 0 Å². The topological polar surface area (TPSA) is 46.1 Å². The maximum absolute atomic E-state index is 12.0. The molecule has 1 aliphatic heterocycles. The lowest BCUT2D eigenvalue weighted by atomic mass is 9.96. The van der Waals surface area contributed by atoms with Crippen molar-refractivity contribution >= 4 is 18.3 Å². The monoisotopic (exact) mass is 285 g/mol. The fraction of sp³-hybridized carbons (Fsp3) is 0.643. The van der Waals surface area contributed by atoms with Gasteiger partial charge >= 0.3 is 0 Å². The van der Waals surface area contributed by atoms with Gasteiger partial charge in [0, 0.05) is 19.3 Å². The number of piperidine rings is 1. The molecule has 108 valence electrons. The largest absolute Gasteiger partial charge is 0.351 e. The van der Waals surface area contributed by atoms with Gasteiger partial charge in [0.1, 0.15) is 5.69 Å². The van der Waals surface area contributed by atoms with Crippen LogP contribution in [0.25, 0.3) is 0 Å². The van der Waals surface area contributed by atoms with Crippen molar-refractivity contribution in [2.45, 2.75) is 26.2 Å². The van der Waals surface area contributed by atoms with E-state index in [1.54, 1.807) is 0 Å². The van der Waals surface area contributed by atoms with E-state index in [0.29, 0.717) is 5.92 Å². The number of hydrogen-bond acceptors (Lipinski definition) is 2. The number of amides is 1. The van der Waals surface area contributed by atoms with E-state index in [9.17, 15) is 4.79 Å². The van der Waals surface area contributed by atoms with Gasteiger partial charge < -0.3 is 15.2 Å². The Morgan fingerprint density at radius 3 is 2.89 bits per heavy atom. The van der Waals surface area contributed by atoms with Crippen LogP contribution in [0.3, 0.4) is 0 Å². The Kier molecular flexibility index (Phi) is 6.38. The zero-order valence-electron chi connectivity index (χ0n) is 11.7.